The summed E-state index contributed by atoms with van der Waals surface area (Å²) < 4.78 is 7.11. The van der Waals surface area contributed by atoms with Gasteiger partial charge in [-0.05, 0) is 43.7 Å². The second-order valence-electron chi connectivity index (χ2n) is 5.76. The number of para-hydroxylation sites is 2. The van der Waals surface area contributed by atoms with E-state index in [9.17, 15) is 4.79 Å². The molecule has 0 aliphatic heterocycles. The summed E-state index contributed by atoms with van der Waals surface area (Å²) in [6, 6.07) is 15.2. The van der Waals surface area contributed by atoms with Crippen molar-refractivity contribution in [3.63, 3.8) is 0 Å². The first-order valence-electron chi connectivity index (χ1n) is 7.94. The third-order valence-electron chi connectivity index (χ3n) is 4.16. The molecule has 0 saturated heterocycles. The number of fused-ring (bicyclic) bond motifs is 1. The number of carbonyl (C=O) groups is 1. The van der Waals surface area contributed by atoms with Gasteiger partial charge in [-0.15, -0.1) is 0 Å². The van der Waals surface area contributed by atoms with Gasteiger partial charge in [-0.25, -0.2) is 4.98 Å². The van der Waals surface area contributed by atoms with Crippen LogP contribution in [0.2, 0.25) is 0 Å². The van der Waals surface area contributed by atoms with Crippen LogP contribution in [0.3, 0.4) is 0 Å². The summed E-state index contributed by atoms with van der Waals surface area (Å²) in [6.45, 7) is 4.30. The predicted molar refractivity (Wildman–Crippen MR) is 94.0 cm³/mol. The minimum absolute atomic E-state index is 0.0305. The SMILES string of the molecule is COc1ccc(CNC(=O)C(C)n2c(C)nc3ccccc32)cc1. The Morgan fingerprint density at radius 3 is 2.62 bits per heavy atom. The standard InChI is InChI=1S/C19H21N3O2/c1-13(22-14(2)21-17-6-4-5-7-18(17)22)19(23)20-12-15-8-10-16(24-3)11-9-15/h4-11,13H,12H2,1-3H3,(H,20,23). The van der Waals surface area contributed by atoms with Gasteiger partial charge in [0.25, 0.3) is 0 Å². The number of hydrogen-bond donors (Lipinski definition) is 1. The molecular formula is C19H21N3O2. The molecule has 1 atom stereocenters. The number of ether oxygens (including phenoxy) is 1. The molecule has 24 heavy (non-hydrogen) atoms. The minimum Gasteiger partial charge on any atom is -0.497 e. The van der Waals surface area contributed by atoms with Gasteiger partial charge in [0.2, 0.25) is 5.91 Å². The number of amides is 1. The molecule has 0 bridgehead atoms. The van der Waals surface area contributed by atoms with Crippen molar-refractivity contribution in [2.45, 2.75) is 26.4 Å². The molecule has 0 aliphatic rings. The second-order valence-corrected chi connectivity index (χ2v) is 5.76. The van der Waals surface area contributed by atoms with E-state index >= 15 is 0 Å². The van der Waals surface area contributed by atoms with Crippen LogP contribution in [-0.4, -0.2) is 22.6 Å². The van der Waals surface area contributed by atoms with Crippen LogP contribution in [-0.2, 0) is 11.3 Å². The fourth-order valence-electron chi connectivity index (χ4n) is 2.85. The Kier molecular flexibility index (Phi) is 4.51. The minimum atomic E-state index is -0.323. The van der Waals surface area contributed by atoms with Crippen molar-refractivity contribution in [1.82, 2.24) is 14.9 Å². The van der Waals surface area contributed by atoms with Gasteiger partial charge < -0.3 is 14.6 Å². The summed E-state index contributed by atoms with van der Waals surface area (Å²) in [5.74, 6) is 1.61. The molecule has 0 saturated carbocycles. The molecule has 5 nitrogen and oxygen atoms in total. The van der Waals surface area contributed by atoms with E-state index in [1.807, 2.05) is 66.9 Å². The van der Waals surface area contributed by atoms with Crippen LogP contribution in [0.5, 0.6) is 5.75 Å². The largest absolute Gasteiger partial charge is 0.497 e. The van der Waals surface area contributed by atoms with Crippen LogP contribution in [0, 0.1) is 6.92 Å². The first-order chi connectivity index (χ1) is 11.6. The van der Waals surface area contributed by atoms with Gasteiger partial charge in [0.1, 0.15) is 17.6 Å². The molecule has 2 aromatic carbocycles. The highest BCUT2D eigenvalue weighted by atomic mass is 16.5. The summed E-state index contributed by atoms with van der Waals surface area (Å²) in [4.78, 5) is 17.1. The number of carbonyl (C=O) groups excluding carboxylic acids is 1. The molecule has 1 heterocycles. The Balaban J connectivity index is 1.73. The summed E-state index contributed by atoms with van der Waals surface area (Å²) >= 11 is 0. The third-order valence-corrected chi connectivity index (χ3v) is 4.16. The molecule has 1 aromatic heterocycles. The number of methoxy groups -OCH3 is 1. The molecule has 0 fully saturated rings. The van der Waals surface area contributed by atoms with E-state index in [1.54, 1.807) is 7.11 Å². The Morgan fingerprint density at radius 2 is 1.92 bits per heavy atom. The summed E-state index contributed by atoms with van der Waals surface area (Å²) in [5, 5.41) is 2.99. The maximum atomic E-state index is 12.5. The molecule has 5 heteroatoms. The molecule has 3 rings (SSSR count). The van der Waals surface area contributed by atoms with E-state index in [-0.39, 0.29) is 11.9 Å². The van der Waals surface area contributed by atoms with E-state index in [1.165, 1.54) is 0 Å². The van der Waals surface area contributed by atoms with Crippen molar-refractivity contribution in [3.05, 3.63) is 59.9 Å². The molecule has 124 valence electrons. The average Bonchev–Trinajstić information content (AvgIpc) is 2.95. The summed E-state index contributed by atoms with van der Waals surface area (Å²) in [6.07, 6.45) is 0. The van der Waals surface area contributed by atoms with E-state index in [0.717, 1.165) is 28.2 Å². The van der Waals surface area contributed by atoms with Crippen molar-refractivity contribution in [3.8, 4) is 5.75 Å². The number of aryl methyl sites for hydroxylation is 1. The Labute approximate surface area is 141 Å². The molecule has 0 spiro atoms. The van der Waals surface area contributed by atoms with Gasteiger partial charge in [-0.1, -0.05) is 24.3 Å². The summed E-state index contributed by atoms with van der Waals surface area (Å²) in [7, 11) is 1.64. The lowest BCUT2D eigenvalue weighted by Crippen LogP contribution is -2.31. The number of nitrogens with one attached hydrogen (secondary N) is 1. The van der Waals surface area contributed by atoms with Crippen molar-refractivity contribution in [2.24, 2.45) is 0 Å². The Morgan fingerprint density at radius 1 is 1.21 bits per heavy atom. The normalized spacial score (nSPS) is 12.1. The van der Waals surface area contributed by atoms with Gasteiger partial charge in [0, 0.05) is 6.54 Å². The number of rotatable bonds is 5. The number of aromatic nitrogens is 2. The highest BCUT2D eigenvalue weighted by molar-refractivity contribution is 5.84. The Bertz CT molecular complexity index is 853. The van der Waals surface area contributed by atoms with E-state index in [0.29, 0.717) is 6.54 Å². The van der Waals surface area contributed by atoms with Gasteiger partial charge in [0.05, 0.1) is 18.1 Å². The zero-order valence-corrected chi connectivity index (χ0v) is 14.1. The van der Waals surface area contributed by atoms with Crippen LogP contribution in [0.25, 0.3) is 11.0 Å². The monoisotopic (exact) mass is 323 g/mol. The Hall–Kier alpha value is -2.82. The van der Waals surface area contributed by atoms with Crippen LogP contribution in [0.1, 0.15) is 24.4 Å². The molecule has 0 aliphatic carbocycles. The van der Waals surface area contributed by atoms with Crippen LogP contribution in [0.15, 0.2) is 48.5 Å². The first-order valence-corrected chi connectivity index (χ1v) is 7.94. The number of benzene rings is 2. The lowest BCUT2D eigenvalue weighted by Gasteiger charge is -2.16. The lowest BCUT2D eigenvalue weighted by atomic mass is 10.2. The maximum absolute atomic E-state index is 12.5. The predicted octanol–water partition coefficient (Wildman–Crippen LogP) is 3.23. The van der Waals surface area contributed by atoms with Crippen molar-refractivity contribution >= 4 is 16.9 Å². The topological polar surface area (TPSA) is 56.1 Å². The zero-order chi connectivity index (χ0) is 17.1. The lowest BCUT2D eigenvalue weighted by molar-refractivity contribution is -0.124. The fourth-order valence-corrected chi connectivity index (χ4v) is 2.85. The molecule has 1 unspecified atom stereocenters. The van der Waals surface area contributed by atoms with Gasteiger partial charge in [-0.2, -0.15) is 0 Å². The van der Waals surface area contributed by atoms with Crippen LogP contribution in [0.4, 0.5) is 0 Å². The van der Waals surface area contributed by atoms with E-state index in [2.05, 4.69) is 10.3 Å². The van der Waals surface area contributed by atoms with Crippen molar-refractivity contribution < 1.29 is 9.53 Å². The molecule has 1 amide bonds. The van der Waals surface area contributed by atoms with Crippen LogP contribution >= 0.6 is 0 Å². The number of imidazole rings is 1. The van der Waals surface area contributed by atoms with E-state index in [4.69, 9.17) is 4.74 Å². The van der Waals surface area contributed by atoms with E-state index < -0.39 is 0 Å². The zero-order valence-electron chi connectivity index (χ0n) is 14.1. The highest BCUT2D eigenvalue weighted by Gasteiger charge is 2.19. The molecule has 3 aromatic rings. The second kappa shape index (κ2) is 6.74. The smallest absolute Gasteiger partial charge is 0.243 e. The highest BCUT2D eigenvalue weighted by Crippen LogP contribution is 2.21. The molecule has 1 N–H and O–H groups in total. The van der Waals surface area contributed by atoms with Crippen LogP contribution < -0.4 is 10.1 Å². The molecule has 0 radical (unpaired) electrons. The average molecular weight is 323 g/mol. The molecular weight excluding hydrogens is 302 g/mol. The van der Waals surface area contributed by atoms with Gasteiger partial charge in [0.15, 0.2) is 0 Å². The maximum Gasteiger partial charge on any atom is 0.243 e. The van der Waals surface area contributed by atoms with Gasteiger partial charge in [-0.3, -0.25) is 4.79 Å². The summed E-state index contributed by atoms with van der Waals surface area (Å²) in [5.41, 5.74) is 2.91. The van der Waals surface area contributed by atoms with Crippen molar-refractivity contribution in [2.75, 3.05) is 7.11 Å². The third kappa shape index (κ3) is 3.11. The van der Waals surface area contributed by atoms with Gasteiger partial charge >= 0.3 is 0 Å². The number of nitrogens with zero attached hydrogens (tertiary/aromatic N) is 2. The first kappa shape index (κ1) is 16.1. The number of hydrogen-bond acceptors (Lipinski definition) is 3. The fraction of sp³-hybridized carbons (Fsp3) is 0.263. The van der Waals surface area contributed by atoms with Crippen molar-refractivity contribution in [1.29, 1.82) is 0 Å². The quantitative estimate of drug-likeness (QED) is 0.784.